The molecule has 4 amide bonds. The lowest BCUT2D eigenvalue weighted by molar-refractivity contribution is -0.117. The van der Waals surface area contributed by atoms with Crippen LogP contribution in [-0.4, -0.2) is 84.9 Å². The number of amides is 4. The van der Waals surface area contributed by atoms with E-state index in [1.807, 2.05) is 13.8 Å². The summed E-state index contributed by atoms with van der Waals surface area (Å²) in [7, 11) is 4.80. The number of carbonyl (C=O) groups excluding carboxylic acids is 3. The van der Waals surface area contributed by atoms with E-state index in [1.165, 1.54) is 15.9 Å². The Bertz CT molecular complexity index is 1380. The molecule has 13 nitrogen and oxygen atoms in total. The number of urea groups is 1. The Labute approximate surface area is 245 Å². The summed E-state index contributed by atoms with van der Waals surface area (Å²) in [6.07, 6.45) is 2.36. The Kier molecular flexibility index (Phi) is 8.50. The van der Waals surface area contributed by atoms with Gasteiger partial charge in [-0.25, -0.2) is 14.6 Å². The molecular formula is C29H39N7O6. The number of anilines is 3. The number of carbonyl (C=O) groups is 3. The zero-order chi connectivity index (χ0) is 30.9. The predicted molar refractivity (Wildman–Crippen MR) is 158 cm³/mol. The number of ether oxygens (including phenoxy) is 3. The third-order valence-electron chi connectivity index (χ3n) is 7.23. The van der Waals surface area contributed by atoms with E-state index in [4.69, 9.17) is 14.2 Å². The maximum absolute atomic E-state index is 13.7. The van der Waals surface area contributed by atoms with Crippen molar-refractivity contribution >= 4 is 35.5 Å². The van der Waals surface area contributed by atoms with Crippen LogP contribution in [0.2, 0.25) is 0 Å². The maximum Gasteiger partial charge on any atom is 0.410 e. The molecule has 0 radical (unpaired) electrons. The minimum atomic E-state index is -0.665. The Morgan fingerprint density at radius 3 is 2.29 bits per heavy atom. The van der Waals surface area contributed by atoms with Crippen LogP contribution in [0.1, 0.15) is 37.5 Å². The smallest absolute Gasteiger partial charge is 0.410 e. The second-order valence-electron chi connectivity index (χ2n) is 11.3. The first-order valence-electron chi connectivity index (χ1n) is 13.6. The highest BCUT2D eigenvalue weighted by molar-refractivity contribution is 6.06. The van der Waals surface area contributed by atoms with Crippen molar-refractivity contribution in [2.24, 2.45) is 0 Å². The number of hydrogen-bond donors (Lipinski definition) is 2. The Hall–Kier alpha value is -4.55. The molecule has 0 spiro atoms. The van der Waals surface area contributed by atoms with Gasteiger partial charge >= 0.3 is 12.1 Å². The van der Waals surface area contributed by atoms with Gasteiger partial charge in [-0.2, -0.15) is 4.98 Å². The van der Waals surface area contributed by atoms with Crippen LogP contribution in [0.4, 0.5) is 27.0 Å². The molecule has 226 valence electrons. The van der Waals surface area contributed by atoms with Crippen molar-refractivity contribution < 1.29 is 28.6 Å². The number of benzene rings is 1. The number of nitrogens with zero attached hydrogens (tertiary/aromatic N) is 5. The molecule has 1 aromatic carbocycles. The van der Waals surface area contributed by atoms with Crippen LogP contribution in [0.3, 0.4) is 0 Å². The van der Waals surface area contributed by atoms with Gasteiger partial charge in [0.25, 0.3) is 0 Å². The highest BCUT2D eigenvalue weighted by atomic mass is 16.6. The van der Waals surface area contributed by atoms with Gasteiger partial charge in [0.05, 0.1) is 38.5 Å². The van der Waals surface area contributed by atoms with E-state index in [9.17, 15) is 14.4 Å². The summed E-state index contributed by atoms with van der Waals surface area (Å²) in [4.78, 5) is 52.4. The third kappa shape index (κ3) is 6.04. The van der Waals surface area contributed by atoms with Crippen LogP contribution >= 0.6 is 0 Å². The number of hydrogen-bond acceptors (Lipinski definition) is 9. The van der Waals surface area contributed by atoms with Gasteiger partial charge < -0.3 is 29.7 Å². The highest BCUT2D eigenvalue weighted by Crippen LogP contribution is 2.41. The molecule has 42 heavy (non-hydrogen) atoms. The number of methoxy groups -OCH3 is 2. The zero-order valence-corrected chi connectivity index (χ0v) is 25.4. The normalized spacial score (nSPS) is 18.4. The van der Waals surface area contributed by atoms with Crippen molar-refractivity contribution in [1.29, 1.82) is 0 Å². The molecule has 0 saturated carbocycles. The molecule has 0 bridgehead atoms. The topological polar surface area (TPSA) is 138 Å². The van der Waals surface area contributed by atoms with Crippen LogP contribution in [0, 0.1) is 13.8 Å². The summed E-state index contributed by atoms with van der Waals surface area (Å²) in [6, 6.07) is 0.655. The predicted octanol–water partition coefficient (Wildman–Crippen LogP) is 3.39. The molecule has 2 N–H and O–H groups in total. The first-order valence-corrected chi connectivity index (χ1v) is 13.6. The summed E-state index contributed by atoms with van der Waals surface area (Å²) < 4.78 is 16.6. The molecule has 2 aliphatic heterocycles. The Morgan fingerprint density at radius 2 is 1.71 bits per heavy atom. The summed E-state index contributed by atoms with van der Waals surface area (Å²) in [6.45, 7) is 13.4. The fourth-order valence-electron chi connectivity index (χ4n) is 5.21. The molecule has 0 aliphatic carbocycles. The molecule has 1 aromatic heterocycles. The average Bonchev–Trinajstić information content (AvgIpc) is 3.33. The molecule has 2 aliphatic rings. The Balaban J connectivity index is 1.60. The minimum absolute atomic E-state index is 0.229. The zero-order valence-electron chi connectivity index (χ0n) is 25.4. The molecule has 2 unspecified atom stereocenters. The lowest BCUT2D eigenvalue weighted by atomic mass is 10.0. The molecule has 4 rings (SSSR count). The van der Waals surface area contributed by atoms with E-state index in [0.29, 0.717) is 23.0 Å². The number of fused-ring (bicyclic) bond motifs is 1. The second-order valence-corrected chi connectivity index (χ2v) is 11.3. The first-order chi connectivity index (χ1) is 19.8. The fraction of sp³-hybridized carbons (Fsp3) is 0.483. The van der Waals surface area contributed by atoms with Crippen LogP contribution in [0.5, 0.6) is 11.5 Å². The van der Waals surface area contributed by atoms with Gasteiger partial charge in [-0.15, -0.1) is 0 Å². The van der Waals surface area contributed by atoms with E-state index in [2.05, 4.69) is 27.2 Å². The summed E-state index contributed by atoms with van der Waals surface area (Å²) in [5.41, 5.74) is 2.39. The number of aromatic nitrogens is 2. The number of rotatable bonds is 7. The lowest BCUT2D eigenvalue weighted by Gasteiger charge is -2.36. The number of nitrogens with one attached hydrogen (secondary N) is 2. The highest BCUT2D eigenvalue weighted by Gasteiger charge is 2.39. The van der Waals surface area contributed by atoms with Crippen LogP contribution in [0.15, 0.2) is 24.9 Å². The molecule has 13 heteroatoms. The minimum Gasteiger partial charge on any atom is -0.496 e. The van der Waals surface area contributed by atoms with E-state index in [-0.39, 0.29) is 37.5 Å². The molecule has 1 saturated heterocycles. The van der Waals surface area contributed by atoms with Crippen LogP contribution in [0.25, 0.3) is 0 Å². The van der Waals surface area contributed by atoms with Crippen LogP contribution in [-0.2, 0) is 16.1 Å². The van der Waals surface area contributed by atoms with E-state index in [0.717, 1.165) is 16.7 Å². The molecule has 2 atom stereocenters. The standard InChI is InChI=1S/C29H39N7O6/c1-10-23(37)31-19-14-35(28(39)42-29(4,5)6)15-20(19)32-26-30-12-18-13-36(27(38)34(7)25(18)33-26)24-16(2)21(40-8)11-22(41-9)17(24)3/h10-12,19-20H,1,13-15H2,2-9H3,(H,31,37)(H,30,32,33). The lowest BCUT2D eigenvalue weighted by Crippen LogP contribution is -2.47. The SMILES string of the molecule is C=CC(=O)NC1CN(C(=O)OC(C)(C)C)CC1Nc1ncc2c(n1)N(C)C(=O)N(c1c(C)c(OC)cc(OC)c1C)C2. The van der Waals surface area contributed by atoms with Crippen molar-refractivity contribution in [3.05, 3.63) is 41.6 Å². The van der Waals surface area contributed by atoms with Crippen molar-refractivity contribution in [3.63, 3.8) is 0 Å². The van der Waals surface area contributed by atoms with Gasteiger partial charge in [0, 0.05) is 49.1 Å². The van der Waals surface area contributed by atoms with E-state index < -0.39 is 23.8 Å². The quantitative estimate of drug-likeness (QED) is 0.471. The maximum atomic E-state index is 13.7. The van der Waals surface area contributed by atoms with E-state index >= 15 is 0 Å². The monoisotopic (exact) mass is 581 g/mol. The first kappa shape index (κ1) is 30.4. The van der Waals surface area contributed by atoms with Crippen molar-refractivity contribution in [3.8, 4) is 11.5 Å². The van der Waals surface area contributed by atoms with E-state index in [1.54, 1.807) is 59.2 Å². The third-order valence-corrected chi connectivity index (χ3v) is 7.23. The largest absolute Gasteiger partial charge is 0.496 e. The van der Waals surface area contributed by atoms with Gasteiger partial charge in [0.1, 0.15) is 22.9 Å². The van der Waals surface area contributed by atoms with Crippen molar-refractivity contribution in [2.45, 2.75) is 58.8 Å². The van der Waals surface area contributed by atoms with Crippen molar-refractivity contribution in [2.75, 3.05) is 49.5 Å². The summed E-state index contributed by atoms with van der Waals surface area (Å²) >= 11 is 0. The van der Waals surface area contributed by atoms with Gasteiger partial charge in [-0.05, 0) is 40.7 Å². The van der Waals surface area contributed by atoms with Gasteiger partial charge in [-0.1, -0.05) is 6.58 Å². The fourth-order valence-corrected chi connectivity index (χ4v) is 5.21. The van der Waals surface area contributed by atoms with Crippen molar-refractivity contribution in [1.82, 2.24) is 20.2 Å². The number of likely N-dealkylation sites (tertiary alicyclic amines) is 1. The Morgan fingerprint density at radius 1 is 1.10 bits per heavy atom. The molecule has 3 heterocycles. The molecule has 2 aromatic rings. The molecular weight excluding hydrogens is 542 g/mol. The average molecular weight is 582 g/mol. The second kappa shape index (κ2) is 11.7. The van der Waals surface area contributed by atoms with Crippen LogP contribution < -0.4 is 29.9 Å². The van der Waals surface area contributed by atoms with Gasteiger partial charge in [0.2, 0.25) is 11.9 Å². The summed E-state index contributed by atoms with van der Waals surface area (Å²) in [5, 5.41) is 6.10. The summed E-state index contributed by atoms with van der Waals surface area (Å²) in [5.74, 6) is 1.56. The molecule has 1 fully saturated rings. The van der Waals surface area contributed by atoms with Gasteiger partial charge in [0.15, 0.2) is 0 Å². The van der Waals surface area contributed by atoms with Gasteiger partial charge in [-0.3, -0.25) is 14.6 Å².